The number of anilines is 1. The summed E-state index contributed by atoms with van der Waals surface area (Å²) in [6, 6.07) is 7.43. The molecular formula is C14H15N3O4. The molecule has 0 aliphatic rings. The lowest BCUT2D eigenvalue weighted by molar-refractivity contribution is -0.384. The van der Waals surface area contributed by atoms with E-state index in [0.717, 1.165) is 0 Å². The smallest absolute Gasteiger partial charge is 0.293 e. The number of rotatable bonds is 5. The van der Waals surface area contributed by atoms with E-state index in [4.69, 9.17) is 4.42 Å². The Hall–Kier alpha value is -2.83. The Labute approximate surface area is 121 Å². The van der Waals surface area contributed by atoms with Gasteiger partial charge in [0.1, 0.15) is 11.4 Å². The molecule has 0 fully saturated rings. The summed E-state index contributed by atoms with van der Waals surface area (Å²) >= 11 is 0. The maximum Gasteiger partial charge on any atom is 0.293 e. The Bertz CT molecular complexity index is 652. The van der Waals surface area contributed by atoms with Crippen LogP contribution in [0.3, 0.4) is 0 Å². The molecule has 1 aromatic carbocycles. The maximum atomic E-state index is 12.1. The molecule has 0 saturated heterocycles. The van der Waals surface area contributed by atoms with Gasteiger partial charge in [0, 0.05) is 18.7 Å². The zero-order valence-corrected chi connectivity index (χ0v) is 11.6. The monoisotopic (exact) mass is 289 g/mol. The molecule has 0 unspecified atom stereocenters. The first-order valence-electron chi connectivity index (χ1n) is 6.33. The molecule has 21 heavy (non-hydrogen) atoms. The van der Waals surface area contributed by atoms with Crippen LogP contribution in [0.25, 0.3) is 0 Å². The van der Waals surface area contributed by atoms with Crippen molar-refractivity contribution in [2.24, 2.45) is 0 Å². The highest BCUT2D eigenvalue weighted by Gasteiger charge is 2.18. The van der Waals surface area contributed by atoms with Crippen LogP contribution in [0.1, 0.15) is 29.1 Å². The SMILES string of the molecule is CNc1ccc(C(=O)N[C@H](C)c2ccco2)cc1[N+](=O)[O-]. The molecule has 0 radical (unpaired) electrons. The summed E-state index contributed by atoms with van der Waals surface area (Å²) in [7, 11) is 1.58. The molecule has 1 atom stereocenters. The second-order valence-electron chi connectivity index (χ2n) is 4.45. The van der Waals surface area contributed by atoms with Gasteiger partial charge in [-0.3, -0.25) is 14.9 Å². The first kappa shape index (κ1) is 14.6. The molecule has 2 N–H and O–H groups in total. The van der Waals surface area contributed by atoms with Crippen LogP contribution in [-0.2, 0) is 0 Å². The lowest BCUT2D eigenvalue weighted by Gasteiger charge is -2.12. The van der Waals surface area contributed by atoms with E-state index in [9.17, 15) is 14.9 Å². The van der Waals surface area contributed by atoms with E-state index < -0.39 is 10.8 Å². The third kappa shape index (κ3) is 3.19. The number of benzene rings is 1. The predicted octanol–water partition coefficient (Wildman–Crippen LogP) is 2.72. The minimum absolute atomic E-state index is 0.143. The summed E-state index contributed by atoms with van der Waals surface area (Å²) < 4.78 is 5.20. The van der Waals surface area contributed by atoms with Crippen molar-refractivity contribution in [1.29, 1.82) is 0 Å². The Kier molecular flexibility index (Phi) is 4.22. The fourth-order valence-corrected chi connectivity index (χ4v) is 1.92. The molecule has 110 valence electrons. The van der Waals surface area contributed by atoms with Gasteiger partial charge in [-0.1, -0.05) is 0 Å². The van der Waals surface area contributed by atoms with Gasteiger partial charge in [0.15, 0.2) is 0 Å². The van der Waals surface area contributed by atoms with Crippen molar-refractivity contribution in [3.63, 3.8) is 0 Å². The van der Waals surface area contributed by atoms with Crippen molar-refractivity contribution in [1.82, 2.24) is 5.32 Å². The molecule has 7 heteroatoms. The fraction of sp³-hybridized carbons (Fsp3) is 0.214. The zero-order chi connectivity index (χ0) is 15.4. The number of nitrogens with zero attached hydrogens (tertiary/aromatic N) is 1. The molecule has 0 spiro atoms. The van der Waals surface area contributed by atoms with Crippen molar-refractivity contribution in [3.8, 4) is 0 Å². The van der Waals surface area contributed by atoms with Crippen molar-refractivity contribution in [2.75, 3.05) is 12.4 Å². The van der Waals surface area contributed by atoms with Gasteiger partial charge < -0.3 is 15.1 Å². The Morgan fingerprint density at radius 2 is 2.14 bits per heavy atom. The molecular weight excluding hydrogens is 274 g/mol. The predicted molar refractivity (Wildman–Crippen MR) is 77.2 cm³/mol. The van der Waals surface area contributed by atoms with Gasteiger partial charge in [0.25, 0.3) is 11.6 Å². The molecule has 0 aliphatic heterocycles. The average molecular weight is 289 g/mol. The van der Waals surface area contributed by atoms with Gasteiger partial charge >= 0.3 is 0 Å². The zero-order valence-electron chi connectivity index (χ0n) is 11.6. The summed E-state index contributed by atoms with van der Waals surface area (Å²) in [6.07, 6.45) is 1.52. The van der Waals surface area contributed by atoms with Crippen molar-refractivity contribution in [2.45, 2.75) is 13.0 Å². The van der Waals surface area contributed by atoms with Gasteiger partial charge in [0.2, 0.25) is 0 Å². The normalized spacial score (nSPS) is 11.7. The molecule has 0 saturated carbocycles. The number of carbonyl (C=O) groups is 1. The standard InChI is InChI=1S/C14H15N3O4/c1-9(13-4-3-7-21-13)16-14(18)10-5-6-11(15-2)12(8-10)17(19)20/h3-9,15H,1-2H3,(H,16,18)/t9-/m1/s1. The van der Waals surface area contributed by atoms with E-state index in [-0.39, 0.29) is 17.3 Å². The number of amides is 1. The minimum atomic E-state index is -0.529. The van der Waals surface area contributed by atoms with Gasteiger partial charge in [0.05, 0.1) is 17.2 Å². The van der Waals surface area contributed by atoms with Gasteiger partial charge in [-0.15, -0.1) is 0 Å². The van der Waals surface area contributed by atoms with Gasteiger partial charge in [-0.05, 0) is 31.2 Å². The summed E-state index contributed by atoms with van der Waals surface area (Å²) in [5.41, 5.74) is 0.436. The lowest BCUT2D eigenvalue weighted by atomic mass is 10.1. The number of nitrogens with one attached hydrogen (secondary N) is 2. The summed E-state index contributed by atoms with van der Waals surface area (Å²) in [5.74, 6) is 0.217. The van der Waals surface area contributed by atoms with Gasteiger partial charge in [-0.25, -0.2) is 0 Å². The number of hydrogen-bond acceptors (Lipinski definition) is 5. The second-order valence-corrected chi connectivity index (χ2v) is 4.45. The van der Waals surface area contributed by atoms with Crippen molar-refractivity contribution < 1.29 is 14.1 Å². The van der Waals surface area contributed by atoms with E-state index in [0.29, 0.717) is 11.4 Å². The van der Waals surface area contributed by atoms with Crippen LogP contribution in [-0.4, -0.2) is 17.9 Å². The molecule has 2 rings (SSSR count). The highest BCUT2D eigenvalue weighted by atomic mass is 16.6. The molecule has 2 aromatic rings. The van der Waals surface area contributed by atoms with Crippen LogP contribution in [0.15, 0.2) is 41.0 Å². The number of nitro benzene ring substituents is 1. The van der Waals surface area contributed by atoms with E-state index >= 15 is 0 Å². The Balaban J connectivity index is 2.19. The van der Waals surface area contributed by atoms with Crippen LogP contribution in [0, 0.1) is 10.1 Å². The molecule has 0 bridgehead atoms. The number of carbonyl (C=O) groups excluding carboxylic acids is 1. The molecule has 1 heterocycles. The summed E-state index contributed by atoms with van der Waals surface area (Å²) in [6.45, 7) is 1.77. The minimum Gasteiger partial charge on any atom is -0.467 e. The van der Waals surface area contributed by atoms with Crippen molar-refractivity contribution in [3.05, 3.63) is 58.0 Å². The van der Waals surface area contributed by atoms with E-state index in [1.165, 1.54) is 24.5 Å². The number of hydrogen-bond donors (Lipinski definition) is 2. The fourth-order valence-electron chi connectivity index (χ4n) is 1.92. The van der Waals surface area contributed by atoms with Crippen molar-refractivity contribution >= 4 is 17.3 Å². The highest BCUT2D eigenvalue weighted by Crippen LogP contribution is 2.25. The Morgan fingerprint density at radius 1 is 1.38 bits per heavy atom. The maximum absolute atomic E-state index is 12.1. The van der Waals surface area contributed by atoms with Crippen LogP contribution < -0.4 is 10.6 Å². The summed E-state index contributed by atoms with van der Waals surface area (Å²) in [5, 5.41) is 16.4. The van der Waals surface area contributed by atoms with E-state index in [1.807, 2.05) is 0 Å². The highest BCUT2D eigenvalue weighted by molar-refractivity contribution is 5.95. The molecule has 1 amide bonds. The lowest BCUT2D eigenvalue weighted by Crippen LogP contribution is -2.26. The second kappa shape index (κ2) is 6.08. The van der Waals surface area contributed by atoms with Gasteiger partial charge in [-0.2, -0.15) is 0 Å². The van der Waals surface area contributed by atoms with Crippen LogP contribution in [0.4, 0.5) is 11.4 Å². The van der Waals surface area contributed by atoms with Crippen LogP contribution >= 0.6 is 0 Å². The molecule has 7 nitrogen and oxygen atoms in total. The number of nitro groups is 1. The average Bonchev–Trinajstić information content (AvgIpc) is 3.00. The van der Waals surface area contributed by atoms with E-state index in [2.05, 4.69) is 10.6 Å². The first-order valence-corrected chi connectivity index (χ1v) is 6.33. The molecule has 0 aliphatic carbocycles. The number of furan rings is 1. The Morgan fingerprint density at radius 3 is 2.71 bits per heavy atom. The topological polar surface area (TPSA) is 97.4 Å². The largest absolute Gasteiger partial charge is 0.467 e. The summed E-state index contributed by atoms with van der Waals surface area (Å²) in [4.78, 5) is 22.6. The molecule has 1 aromatic heterocycles. The van der Waals surface area contributed by atoms with Crippen LogP contribution in [0.5, 0.6) is 0 Å². The third-order valence-corrected chi connectivity index (χ3v) is 3.04. The third-order valence-electron chi connectivity index (χ3n) is 3.04. The quantitative estimate of drug-likeness (QED) is 0.651. The first-order chi connectivity index (χ1) is 10.0. The van der Waals surface area contributed by atoms with Crippen LogP contribution in [0.2, 0.25) is 0 Å². The van der Waals surface area contributed by atoms with E-state index in [1.54, 1.807) is 26.1 Å².